The highest BCUT2D eigenvalue weighted by Gasteiger charge is 2.23. The number of aliphatic imine (C=N–C) groups is 1. The van der Waals surface area contributed by atoms with Crippen LogP contribution in [0.3, 0.4) is 0 Å². The molecule has 176 valence electrons. The van der Waals surface area contributed by atoms with Crippen molar-refractivity contribution in [1.29, 1.82) is 0 Å². The van der Waals surface area contributed by atoms with Crippen molar-refractivity contribution in [2.75, 3.05) is 60.2 Å². The molecule has 2 saturated heterocycles. The van der Waals surface area contributed by atoms with Gasteiger partial charge >= 0.3 is 0 Å². The molecule has 2 unspecified atom stereocenters. The Bertz CT molecular complexity index is 632. The third-order valence-electron chi connectivity index (χ3n) is 5.85. The fraction of sp³-hybridized carbons (Fsp3) is 0.696. The highest BCUT2D eigenvalue weighted by Crippen LogP contribution is 2.26. The van der Waals surface area contributed by atoms with Crippen LogP contribution < -0.4 is 15.4 Å². The molecule has 8 heteroatoms. The van der Waals surface area contributed by atoms with Crippen LogP contribution in [0.25, 0.3) is 0 Å². The molecule has 2 atom stereocenters. The fourth-order valence-electron chi connectivity index (χ4n) is 4.12. The summed E-state index contributed by atoms with van der Waals surface area (Å²) in [6, 6.07) is 8.76. The molecule has 0 saturated carbocycles. The number of ether oxygens (including phenoxy) is 3. The Morgan fingerprint density at radius 3 is 2.61 bits per heavy atom. The molecule has 1 aromatic carbocycles. The maximum absolute atomic E-state index is 5.73. The van der Waals surface area contributed by atoms with E-state index in [-0.39, 0.29) is 24.0 Å². The lowest BCUT2D eigenvalue weighted by molar-refractivity contribution is 0.0168. The van der Waals surface area contributed by atoms with Gasteiger partial charge in [-0.25, -0.2) is 0 Å². The molecule has 3 rings (SSSR count). The number of benzene rings is 1. The van der Waals surface area contributed by atoms with E-state index in [0.717, 1.165) is 70.4 Å². The van der Waals surface area contributed by atoms with Gasteiger partial charge < -0.3 is 24.8 Å². The minimum atomic E-state index is 0. The van der Waals surface area contributed by atoms with Crippen molar-refractivity contribution in [3.05, 3.63) is 29.8 Å². The molecule has 0 aromatic heterocycles. The minimum Gasteiger partial charge on any atom is -0.497 e. The summed E-state index contributed by atoms with van der Waals surface area (Å²) < 4.78 is 16.6. The quantitative estimate of drug-likeness (QED) is 0.192. The lowest BCUT2D eigenvalue weighted by Crippen LogP contribution is -2.43. The third-order valence-corrected chi connectivity index (χ3v) is 5.85. The first kappa shape index (κ1) is 26.2. The van der Waals surface area contributed by atoms with Gasteiger partial charge in [-0.2, -0.15) is 0 Å². The molecule has 7 nitrogen and oxygen atoms in total. The zero-order valence-corrected chi connectivity index (χ0v) is 21.3. The number of methoxy groups -OCH3 is 1. The van der Waals surface area contributed by atoms with Gasteiger partial charge in [-0.15, -0.1) is 24.0 Å². The Balaban J connectivity index is 0.00000341. The number of guanidine groups is 1. The van der Waals surface area contributed by atoms with Crippen LogP contribution in [-0.2, 0) is 9.47 Å². The molecule has 0 aliphatic carbocycles. The number of rotatable bonds is 11. The number of nitrogens with one attached hydrogen (secondary N) is 2. The number of nitrogens with zero attached hydrogens (tertiary/aromatic N) is 2. The molecule has 31 heavy (non-hydrogen) atoms. The van der Waals surface area contributed by atoms with E-state index in [1.807, 2.05) is 19.2 Å². The lowest BCUT2D eigenvalue weighted by Gasteiger charge is -2.29. The minimum absolute atomic E-state index is 0. The molecule has 2 N–H and O–H groups in total. The van der Waals surface area contributed by atoms with E-state index in [9.17, 15) is 0 Å². The molecule has 0 spiro atoms. The van der Waals surface area contributed by atoms with Gasteiger partial charge in [-0.3, -0.25) is 9.89 Å². The lowest BCUT2D eigenvalue weighted by atomic mass is 10.1. The summed E-state index contributed by atoms with van der Waals surface area (Å²) in [6.07, 6.45) is 6.07. The number of halogens is 1. The summed E-state index contributed by atoms with van der Waals surface area (Å²) in [7, 11) is 3.53. The molecule has 2 aliphatic rings. The van der Waals surface area contributed by atoms with Crippen LogP contribution in [0.5, 0.6) is 5.75 Å². The van der Waals surface area contributed by atoms with Crippen LogP contribution in [0.1, 0.15) is 43.7 Å². The Morgan fingerprint density at radius 1 is 1.19 bits per heavy atom. The molecule has 0 amide bonds. The van der Waals surface area contributed by atoms with Crippen LogP contribution in [0.4, 0.5) is 0 Å². The molecule has 2 aliphatic heterocycles. The van der Waals surface area contributed by atoms with Crippen molar-refractivity contribution in [3.63, 3.8) is 0 Å². The van der Waals surface area contributed by atoms with Gasteiger partial charge in [0.1, 0.15) is 5.75 Å². The van der Waals surface area contributed by atoms with Crippen molar-refractivity contribution in [3.8, 4) is 5.75 Å². The topological polar surface area (TPSA) is 67.4 Å². The molecular formula is C23H39IN4O3. The summed E-state index contributed by atoms with van der Waals surface area (Å²) >= 11 is 0. The standard InChI is InChI=1S/C23H38N4O3.HI/c1-24-23(25-12-6-15-29-18-21-7-5-16-30-21)26-17-22(27-13-3-4-14-27)19-8-10-20(28-2)11-9-19;/h8-11,21-22H,3-7,12-18H2,1-2H3,(H2,24,25,26);1H. The van der Waals surface area contributed by atoms with E-state index in [0.29, 0.717) is 18.8 Å². The predicted molar refractivity (Wildman–Crippen MR) is 136 cm³/mol. The van der Waals surface area contributed by atoms with E-state index >= 15 is 0 Å². The SMILES string of the molecule is CN=C(NCCCOCC1CCCO1)NCC(c1ccc(OC)cc1)N1CCCC1.I. The fourth-order valence-corrected chi connectivity index (χ4v) is 4.12. The monoisotopic (exact) mass is 546 g/mol. The Kier molecular flexibility index (Phi) is 12.5. The summed E-state index contributed by atoms with van der Waals surface area (Å²) in [6.45, 7) is 6.29. The summed E-state index contributed by atoms with van der Waals surface area (Å²) in [4.78, 5) is 6.94. The first-order valence-corrected chi connectivity index (χ1v) is 11.3. The normalized spacial score (nSPS) is 20.3. The van der Waals surface area contributed by atoms with Crippen molar-refractivity contribution in [2.24, 2.45) is 4.99 Å². The van der Waals surface area contributed by atoms with Gasteiger partial charge in [0, 0.05) is 33.4 Å². The van der Waals surface area contributed by atoms with Gasteiger partial charge in [-0.05, 0) is 62.9 Å². The van der Waals surface area contributed by atoms with E-state index < -0.39 is 0 Å². The first-order chi connectivity index (χ1) is 14.8. The average molecular weight is 546 g/mol. The Labute approximate surface area is 204 Å². The summed E-state index contributed by atoms with van der Waals surface area (Å²) in [5, 5.41) is 6.92. The number of hydrogen-bond acceptors (Lipinski definition) is 5. The Morgan fingerprint density at radius 2 is 1.97 bits per heavy atom. The van der Waals surface area contributed by atoms with Gasteiger partial charge in [-0.1, -0.05) is 12.1 Å². The summed E-state index contributed by atoms with van der Waals surface area (Å²) in [5.74, 6) is 1.73. The van der Waals surface area contributed by atoms with Crippen molar-refractivity contribution >= 4 is 29.9 Å². The maximum atomic E-state index is 5.73. The zero-order chi connectivity index (χ0) is 21.0. The Hall–Kier alpha value is -1.10. The highest BCUT2D eigenvalue weighted by atomic mass is 127. The van der Waals surface area contributed by atoms with Gasteiger partial charge in [0.2, 0.25) is 0 Å². The molecule has 2 heterocycles. The van der Waals surface area contributed by atoms with Gasteiger partial charge in [0.25, 0.3) is 0 Å². The average Bonchev–Trinajstić information content (AvgIpc) is 3.50. The second-order valence-electron chi connectivity index (χ2n) is 7.98. The molecule has 0 bridgehead atoms. The van der Waals surface area contributed by atoms with Crippen LogP contribution in [-0.4, -0.2) is 77.1 Å². The second-order valence-corrected chi connectivity index (χ2v) is 7.98. The van der Waals surface area contributed by atoms with E-state index in [1.165, 1.54) is 18.4 Å². The van der Waals surface area contributed by atoms with Crippen LogP contribution in [0, 0.1) is 0 Å². The smallest absolute Gasteiger partial charge is 0.191 e. The molecule has 0 radical (unpaired) electrons. The van der Waals surface area contributed by atoms with Gasteiger partial charge in [0.15, 0.2) is 5.96 Å². The van der Waals surface area contributed by atoms with Crippen molar-refractivity contribution < 1.29 is 14.2 Å². The van der Waals surface area contributed by atoms with Crippen molar-refractivity contribution in [1.82, 2.24) is 15.5 Å². The molecule has 2 fully saturated rings. The highest BCUT2D eigenvalue weighted by molar-refractivity contribution is 14.0. The largest absolute Gasteiger partial charge is 0.497 e. The van der Waals surface area contributed by atoms with Crippen LogP contribution in [0.2, 0.25) is 0 Å². The van der Waals surface area contributed by atoms with E-state index in [2.05, 4.69) is 32.7 Å². The first-order valence-electron chi connectivity index (χ1n) is 11.3. The van der Waals surface area contributed by atoms with Crippen molar-refractivity contribution in [2.45, 2.75) is 44.2 Å². The van der Waals surface area contributed by atoms with Gasteiger partial charge in [0.05, 0.1) is 25.9 Å². The van der Waals surface area contributed by atoms with E-state index in [1.54, 1.807) is 7.11 Å². The zero-order valence-electron chi connectivity index (χ0n) is 19.0. The second kappa shape index (κ2) is 14.9. The molecular weight excluding hydrogens is 507 g/mol. The number of hydrogen-bond donors (Lipinski definition) is 2. The predicted octanol–water partition coefficient (Wildman–Crippen LogP) is 3.20. The van der Waals surface area contributed by atoms with E-state index in [4.69, 9.17) is 14.2 Å². The summed E-state index contributed by atoms with van der Waals surface area (Å²) in [5.41, 5.74) is 1.31. The van der Waals surface area contributed by atoms with Crippen LogP contribution in [0.15, 0.2) is 29.3 Å². The third kappa shape index (κ3) is 8.75. The van der Waals surface area contributed by atoms with Crippen LogP contribution >= 0.6 is 24.0 Å². The molecule has 1 aromatic rings. The maximum Gasteiger partial charge on any atom is 0.191 e. The number of likely N-dealkylation sites (tertiary alicyclic amines) is 1.